The molecule has 1 N–H and O–H groups in total. The maximum absolute atomic E-state index is 3.69. The fourth-order valence-electron chi connectivity index (χ4n) is 3.25. The van der Waals surface area contributed by atoms with Crippen molar-refractivity contribution < 1.29 is 0 Å². The number of piperazine rings is 1. The summed E-state index contributed by atoms with van der Waals surface area (Å²) in [5.74, 6) is 0.704. The maximum Gasteiger partial charge on any atom is 0.0252 e. The molecule has 112 valence electrons. The lowest BCUT2D eigenvalue weighted by molar-refractivity contribution is 0.0705. The molecule has 1 heterocycles. The van der Waals surface area contributed by atoms with Crippen molar-refractivity contribution >= 4 is 0 Å². The number of hydrogen-bond donors (Lipinski definition) is 1. The minimum atomic E-state index is 0.233. The molecule has 0 radical (unpaired) electrons. The molecule has 1 aromatic rings. The van der Waals surface area contributed by atoms with Gasteiger partial charge in [0.2, 0.25) is 0 Å². The molecule has 2 heteroatoms. The fraction of sp³-hybridized carbons (Fsp3) is 0.667. The molecule has 1 aromatic carbocycles. The molecule has 20 heavy (non-hydrogen) atoms. The molecule has 0 saturated carbocycles. The highest BCUT2D eigenvalue weighted by Gasteiger charge is 2.33. The predicted molar refractivity (Wildman–Crippen MR) is 87.2 cm³/mol. The summed E-state index contributed by atoms with van der Waals surface area (Å²) < 4.78 is 0. The van der Waals surface area contributed by atoms with Crippen LogP contribution in [0, 0.1) is 12.8 Å². The highest BCUT2D eigenvalue weighted by Crippen LogP contribution is 2.21. The van der Waals surface area contributed by atoms with E-state index in [1.165, 1.54) is 17.7 Å². The summed E-state index contributed by atoms with van der Waals surface area (Å²) in [4.78, 5) is 2.69. The molecule has 0 amide bonds. The first-order valence-electron chi connectivity index (χ1n) is 7.92. The third-order valence-electron chi connectivity index (χ3n) is 4.56. The van der Waals surface area contributed by atoms with Crippen LogP contribution in [-0.2, 0) is 6.42 Å². The minimum Gasteiger partial charge on any atom is -0.309 e. The predicted octanol–water partition coefficient (Wildman–Crippen LogP) is 3.25. The van der Waals surface area contributed by atoms with Gasteiger partial charge in [0, 0.05) is 31.2 Å². The highest BCUT2D eigenvalue weighted by molar-refractivity contribution is 5.25. The van der Waals surface area contributed by atoms with Gasteiger partial charge < -0.3 is 5.32 Å². The van der Waals surface area contributed by atoms with Gasteiger partial charge in [0.05, 0.1) is 0 Å². The van der Waals surface area contributed by atoms with E-state index in [-0.39, 0.29) is 5.54 Å². The van der Waals surface area contributed by atoms with E-state index in [0.717, 1.165) is 19.5 Å². The van der Waals surface area contributed by atoms with E-state index in [1.54, 1.807) is 0 Å². The largest absolute Gasteiger partial charge is 0.309 e. The summed E-state index contributed by atoms with van der Waals surface area (Å²) in [6.45, 7) is 14.9. The SMILES string of the molecule is Cc1ccccc1CCN1CC(C)(C)NCC1C(C)C. The molecule has 2 rings (SSSR count). The van der Waals surface area contributed by atoms with Crippen molar-refractivity contribution in [1.82, 2.24) is 10.2 Å². The van der Waals surface area contributed by atoms with E-state index >= 15 is 0 Å². The second kappa shape index (κ2) is 6.28. The Labute approximate surface area is 124 Å². The van der Waals surface area contributed by atoms with Gasteiger partial charge in [-0.15, -0.1) is 0 Å². The molecular formula is C18H30N2. The zero-order valence-corrected chi connectivity index (χ0v) is 13.7. The van der Waals surface area contributed by atoms with Gasteiger partial charge in [0.15, 0.2) is 0 Å². The van der Waals surface area contributed by atoms with E-state index in [2.05, 4.69) is 69.1 Å². The van der Waals surface area contributed by atoms with Crippen LogP contribution in [0.4, 0.5) is 0 Å². The molecular weight excluding hydrogens is 244 g/mol. The Morgan fingerprint density at radius 2 is 2.00 bits per heavy atom. The lowest BCUT2D eigenvalue weighted by Crippen LogP contribution is -2.63. The molecule has 0 aromatic heterocycles. The van der Waals surface area contributed by atoms with Crippen LogP contribution in [0.15, 0.2) is 24.3 Å². The van der Waals surface area contributed by atoms with Crippen molar-refractivity contribution in [3.63, 3.8) is 0 Å². The van der Waals surface area contributed by atoms with Gasteiger partial charge in [-0.05, 0) is 44.2 Å². The van der Waals surface area contributed by atoms with Gasteiger partial charge in [-0.1, -0.05) is 38.1 Å². The van der Waals surface area contributed by atoms with Crippen LogP contribution in [0.1, 0.15) is 38.8 Å². The smallest absolute Gasteiger partial charge is 0.0252 e. The van der Waals surface area contributed by atoms with Crippen molar-refractivity contribution in [2.24, 2.45) is 5.92 Å². The second-order valence-electron chi connectivity index (χ2n) is 7.22. The Kier molecular flexibility index (Phi) is 4.87. The van der Waals surface area contributed by atoms with Crippen LogP contribution in [0.25, 0.3) is 0 Å². The molecule has 0 spiro atoms. The molecule has 0 bridgehead atoms. The molecule has 1 unspecified atom stereocenters. The number of aryl methyl sites for hydroxylation is 1. The van der Waals surface area contributed by atoms with Gasteiger partial charge >= 0.3 is 0 Å². The van der Waals surface area contributed by atoms with Crippen LogP contribution in [0.5, 0.6) is 0 Å². The molecule has 1 atom stereocenters. The fourth-order valence-corrected chi connectivity index (χ4v) is 3.25. The normalized spacial score (nSPS) is 23.2. The van der Waals surface area contributed by atoms with Crippen LogP contribution < -0.4 is 5.32 Å². The van der Waals surface area contributed by atoms with Gasteiger partial charge in [-0.25, -0.2) is 0 Å². The molecule has 1 saturated heterocycles. The summed E-state index contributed by atoms with van der Waals surface area (Å²) in [7, 11) is 0. The average Bonchev–Trinajstić information content (AvgIpc) is 2.36. The van der Waals surface area contributed by atoms with Gasteiger partial charge in [0.1, 0.15) is 0 Å². The van der Waals surface area contributed by atoms with Crippen molar-refractivity contribution in [2.45, 2.75) is 52.6 Å². The van der Waals surface area contributed by atoms with Gasteiger partial charge in [-0.3, -0.25) is 4.90 Å². The van der Waals surface area contributed by atoms with Crippen LogP contribution in [0.2, 0.25) is 0 Å². The summed E-state index contributed by atoms with van der Waals surface area (Å²) in [5, 5.41) is 3.69. The van der Waals surface area contributed by atoms with Crippen LogP contribution in [0.3, 0.4) is 0 Å². The van der Waals surface area contributed by atoms with Gasteiger partial charge in [0.25, 0.3) is 0 Å². The number of nitrogens with one attached hydrogen (secondary N) is 1. The average molecular weight is 274 g/mol. The van der Waals surface area contributed by atoms with Crippen molar-refractivity contribution in [1.29, 1.82) is 0 Å². The highest BCUT2D eigenvalue weighted by atomic mass is 15.2. The Bertz CT molecular complexity index is 437. The Hall–Kier alpha value is -0.860. The van der Waals surface area contributed by atoms with Gasteiger partial charge in [-0.2, -0.15) is 0 Å². The third kappa shape index (κ3) is 3.83. The Morgan fingerprint density at radius 3 is 2.65 bits per heavy atom. The van der Waals surface area contributed by atoms with Crippen LogP contribution >= 0.6 is 0 Å². The standard InChI is InChI=1S/C18H30N2/c1-14(2)17-12-19-18(4,5)13-20(17)11-10-16-9-7-6-8-15(16)3/h6-9,14,17,19H,10-13H2,1-5H3. The summed E-state index contributed by atoms with van der Waals surface area (Å²) in [6, 6.07) is 9.43. The minimum absolute atomic E-state index is 0.233. The first kappa shape index (κ1) is 15.5. The van der Waals surface area contributed by atoms with E-state index in [1.807, 2.05) is 0 Å². The molecule has 1 aliphatic rings. The lowest BCUT2D eigenvalue weighted by Gasteiger charge is -2.46. The Balaban J connectivity index is 2.02. The third-order valence-corrected chi connectivity index (χ3v) is 4.56. The zero-order chi connectivity index (χ0) is 14.8. The van der Waals surface area contributed by atoms with Crippen molar-refractivity contribution in [3.8, 4) is 0 Å². The summed E-state index contributed by atoms with van der Waals surface area (Å²) in [6.07, 6.45) is 1.16. The van der Waals surface area contributed by atoms with E-state index in [4.69, 9.17) is 0 Å². The monoisotopic (exact) mass is 274 g/mol. The van der Waals surface area contributed by atoms with Crippen LogP contribution in [-0.4, -0.2) is 36.1 Å². The molecule has 1 aliphatic heterocycles. The number of nitrogens with zero attached hydrogens (tertiary/aromatic N) is 1. The molecule has 1 fully saturated rings. The van der Waals surface area contributed by atoms with Crippen molar-refractivity contribution in [3.05, 3.63) is 35.4 Å². The summed E-state index contributed by atoms with van der Waals surface area (Å²) in [5.41, 5.74) is 3.14. The number of rotatable bonds is 4. The molecule has 0 aliphatic carbocycles. The van der Waals surface area contributed by atoms with E-state index in [9.17, 15) is 0 Å². The first-order valence-corrected chi connectivity index (χ1v) is 7.92. The second-order valence-corrected chi connectivity index (χ2v) is 7.22. The van der Waals surface area contributed by atoms with E-state index < -0.39 is 0 Å². The molecule has 2 nitrogen and oxygen atoms in total. The lowest BCUT2D eigenvalue weighted by atomic mass is 9.92. The quantitative estimate of drug-likeness (QED) is 0.906. The Morgan fingerprint density at radius 1 is 1.30 bits per heavy atom. The number of benzene rings is 1. The van der Waals surface area contributed by atoms with E-state index in [0.29, 0.717) is 12.0 Å². The number of hydrogen-bond acceptors (Lipinski definition) is 2. The zero-order valence-electron chi connectivity index (χ0n) is 13.7. The summed E-state index contributed by atoms with van der Waals surface area (Å²) >= 11 is 0. The van der Waals surface area contributed by atoms with Crippen molar-refractivity contribution in [2.75, 3.05) is 19.6 Å². The topological polar surface area (TPSA) is 15.3 Å². The maximum atomic E-state index is 3.69. The first-order chi connectivity index (χ1) is 9.39.